The van der Waals surface area contributed by atoms with Gasteiger partial charge >= 0.3 is 0 Å². The highest BCUT2D eigenvalue weighted by atomic mass is 19.1. The maximum atomic E-state index is 13.4. The summed E-state index contributed by atoms with van der Waals surface area (Å²) in [4.78, 5) is 4.11. The van der Waals surface area contributed by atoms with Crippen LogP contribution >= 0.6 is 0 Å². The molecular weight excluding hydrogens is 267 g/mol. The van der Waals surface area contributed by atoms with Crippen molar-refractivity contribution in [3.8, 4) is 5.88 Å². The predicted octanol–water partition coefficient (Wildman–Crippen LogP) is 3.70. The van der Waals surface area contributed by atoms with Crippen molar-refractivity contribution in [1.82, 2.24) is 10.3 Å². The molecule has 116 valence electrons. The van der Waals surface area contributed by atoms with Crippen molar-refractivity contribution in [1.29, 1.82) is 0 Å². The van der Waals surface area contributed by atoms with E-state index in [9.17, 15) is 4.39 Å². The highest BCUT2D eigenvalue weighted by molar-refractivity contribution is 5.26. The highest BCUT2D eigenvalue weighted by Gasteiger charge is 2.19. The molecule has 1 aliphatic rings. The van der Waals surface area contributed by atoms with Crippen molar-refractivity contribution >= 4 is 0 Å². The van der Waals surface area contributed by atoms with Crippen LogP contribution in [0.2, 0.25) is 0 Å². The lowest BCUT2D eigenvalue weighted by atomic mass is 9.85. The molecule has 0 bridgehead atoms. The summed E-state index contributed by atoms with van der Waals surface area (Å²) in [7, 11) is 0. The molecule has 0 aromatic carbocycles. The minimum Gasteiger partial charge on any atom is -0.477 e. The summed E-state index contributed by atoms with van der Waals surface area (Å²) >= 11 is 0. The van der Waals surface area contributed by atoms with Crippen LogP contribution in [-0.4, -0.2) is 18.1 Å². The maximum absolute atomic E-state index is 13.4. The van der Waals surface area contributed by atoms with Crippen LogP contribution in [0.25, 0.3) is 0 Å². The van der Waals surface area contributed by atoms with Gasteiger partial charge in [0.05, 0.1) is 12.8 Å². The van der Waals surface area contributed by atoms with Gasteiger partial charge in [-0.25, -0.2) is 9.37 Å². The molecule has 1 heterocycles. The summed E-state index contributed by atoms with van der Waals surface area (Å²) < 4.78 is 19.2. The summed E-state index contributed by atoms with van der Waals surface area (Å²) in [5.41, 5.74) is 0.794. The Balaban J connectivity index is 1.96. The van der Waals surface area contributed by atoms with Crippen LogP contribution in [0.1, 0.15) is 38.7 Å². The molecule has 21 heavy (non-hydrogen) atoms. The van der Waals surface area contributed by atoms with Gasteiger partial charge in [-0.3, -0.25) is 0 Å². The van der Waals surface area contributed by atoms with E-state index >= 15 is 0 Å². The Bertz CT molecular complexity index is 476. The number of nitrogens with zero attached hydrogens (tertiary/aromatic N) is 1. The molecule has 0 radical (unpaired) electrons. The molecular formula is C17H25FN2O. The van der Waals surface area contributed by atoms with Crippen molar-refractivity contribution in [2.24, 2.45) is 11.8 Å². The number of ether oxygens (including phenoxy) is 1. The van der Waals surface area contributed by atoms with Crippen LogP contribution in [0.3, 0.4) is 0 Å². The molecule has 1 aliphatic carbocycles. The van der Waals surface area contributed by atoms with E-state index < -0.39 is 0 Å². The van der Waals surface area contributed by atoms with E-state index in [1.165, 1.54) is 12.3 Å². The highest BCUT2D eigenvalue weighted by Crippen LogP contribution is 2.26. The first kappa shape index (κ1) is 16.0. The van der Waals surface area contributed by atoms with Gasteiger partial charge in [0, 0.05) is 12.1 Å². The zero-order chi connectivity index (χ0) is 15.1. The van der Waals surface area contributed by atoms with E-state index in [-0.39, 0.29) is 5.82 Å². The Morgan fingerprint density at radius 1 is 1.38 bits per heavy atom. The third-order valence-electron chi connectivity index (χ3n) is 3.99. The molecule has 2 unspecified atom stereocenters. The van der Waals surface area contributed by atoms with Crippen LogP contribution in [0.5, 0.6) is 5.88 Å². The van der Waals surface area contributed by atoms with E-state index in [4.69, 9.17) is 4.74 Å². The van der Waals surface area contributed by atoms with Crippen molar-refractivity contribution in [3.05, 3.63) is 35.8 Å². The fourth-order valence-corrected chi connectivity index (χ4v) is 2.55. The van der Waals surface area contributed by atoms with Gasteiger partial charge in [0.15, 0.2) is 0 Å². The molecule has 0 spiro atoms. The Morgan fingerprint density at radius 2 is 2.19 bits per heavy atom. The molecule has 2 atom stereocenters. The fraction of sp³-hybridized carbons (Fsp3) is 0.588. The van der Waals surface area contributed by atoms with Crippen LogP contribution in [-0.2, 0) is 6.54 Å². The average Bonchev–Trinajstić information content (AvgIpc) is 2.48. The summed E-state index contributed by atoms with van der Waals surface area (Å²) in [6, 6.07) is 1.51. The second-order valence-electron chi connectivity index (χ2n) is 5.79. The number of nitrogens with one attached hydrogen (secondary N) is 1. The van der Waals surface area contributed by atoms with Gasteiger partial charge < -0.3 is 10.1 Å². The van der Waals surface area contributed by atoms with Gasteiger partial charge in [0.2, 0.25) is 5.88 Å². The van der Waals surface area contributed by atoms with Crippen LogP contribution in [0.15, 0.2) is 24.4 Å². The van der Waals surface area contributed by atoms with E-state index in [2.05, 4.69) is 36.3 Å². The van der Waals surface area contributed by atoms with E-state index in [0.29, 0.717) is 30.9 Å². The molecule has 0 saturated carbocycles. The Hall–Kier alpha value is -1.42. The molecule has 0 saturated heterocycles. The summed E-state index contributed by atoms with van der Waals surface area (Å²) in [6.07, 6.45) is 8.88. The fourth-order valence-electron chi connectivity index (χ4n) is 2.55. The number of halogens is 1. The van der Waals surface area contributed by atoms with Gasteiger partial charge in [0.25, 0.3) is 0 Å². The zero-order valence-corrected chi connectivity index (χ0v) is 12.9. The number of allylic oxidation sites excluding steroid dienone is 2. The SMILES string of the molecule is CCCNCc1cc(F)cnc1OCC1CC=CCC1C. The molecule has 4 heteroatoms. The van der Waals surface area contributed by atoms with Crippen molar-refractivity contribution in [3.63, 3.8) is 0 Å². The number of pyridine rings is 1. The monoisotopic (exact) mass is 292 g/mol. The standard InChI is InChI=1S/C17H25FN2O/c1-3-8-19-10-15-9-16(18)11-20-17(15)21-12-14-7-5-4-6-13(14)2/h4-5,9,11,13-14,19H,3,6-8,10,12H2,1-2H3. The smallest absolute Gasteiger partial charge is 0.218 e. The van der Waals surface area contributed by atoms with Gasteiger partial charge in [0.1, 0.15) is 5.82 Å². The lowest BCUT2D eigenvalue weighted by Gasteiger charge is -2.25. The average molecular weight is 292 g/mol. The molecule has 0 aliphatic heterocycles. The Kier molecular flexibility index (Phi) is 6.18. The lowest BCUT2D eigenvalue weighted by Crippen LogP contribution is -2.22. The lowest BCUT2D eigenvalue weighted by molar-refractivity contribution is 0.190. The number of hydrogen-bond donors (Lipinski definition) is 1. The largest absolute Gasteiger partial charge is 0.477 e. The van der Waals surface area contributed by atoms with Gasteiger partial charge in [-0.2, -0.15) is 0 Å². The topological polar surface area (TPSA) is 34.2 Å². The third kappa shape index (κ3) is 4.81. The Morgan fingerprint density at radius 3 is 2.95 bits per heavy atom. The summed E-state index contributed by atoms with van der Waals surface area (Å²) in [6.45, 7) is 6.49. The van der Waals surface area contributed by atoms with Crippen LogP contribution < -0.4 is 10.1 Å². The molecule has 1 N–H and O–H groups in total. The first-order valence-corrected chi connectivity index (χ1v) is 7.83. The number of hydrogen-bond acceptors (Lipinski definition) is 3. The molecule has 0 fully saturated rings. The first-order chi connectivity index (χ1) is 10.2. The van der Waals surface area contributed by atoms with Gasteiger partial charge in [-0.15, -0.1) is 0 Å². The molecule has 0 amide bonds. The minimum atomic E-state index is -0.315. The van der Waals surface area contributed by atoms with E-state index in [1.54, 1.807) is 0 Å². The second kappa shape index (κ2) is 8.13. The first-order valence-electron chi connectivity index (χ1n) is 7.83. The van der Waals surface area contributed by atoms with Gasteiger partial charge in [-0.05, 0) is 43.7 Å². The van der Waals surface area contributed by atoms with E-state index in [1.807, 2.05) is 0 Å². The number of rotatable bonds is 7. The summed E-state index contributed by atoms with van der Waals surface area (Å²) in [5.74, 6) is 1.38. The third-order valence-corrected chi connectivity index (χ3v) is 3.99. The van der Waals surface area contributed by atoms with Crippen LogP contribution in [0, 0.1) is 17.7 Å². The maximum Gasteiger partial charge on any atom is 0.218 e. The molecule has 1 aromatic rings. The Labute approximate surface area is 126 Å². The quantitative estimate of drug-likeness (QED) is 0.614. The normalized spacial score (nSPS) is 21.5. The van der Waals surface area contributed by atoms with Gasteiger partial charge in [-0.1, -0.05) is 26.0 Å². The zero-order valence-electron chi connectivity index (χ0n) is 12.9. The summed E-state index contributed by atoms with van der Waals surface area (Å²) in [5, 5.41) is 3.27. The van der Waals surface area contributed by atoms with E-state index in [0.717, 1.165) is 31.4 Å². The van der Waals surface area contributed by atoms with Crippen LogP contribution in [0.4, 0.5) is 4.39 Å². The molecule has 2 rings (SSSR count). The predicted molar refractivity (Wildman–Crippen MR) is 82.7 cm³/mol. The minimum absolute atomic E-state index is 0.315. The van der Waals surface area contributed by atoms with Crippen molar-refractivity contribution < 1.29 is 9.13 Å². The molecule has 3 nitrogen and oxygen atoms in total. The second-order valence-corrected chi connectivity index (χ2v) is 5.79. The van der Waals surface area contributed by atoms with Crippen molar-refractivity contribution in [2.75, 3.05) is 13.2 Å². The molecule has 1 aromatic heterocycles. The number of aromatic nitrogens is 1. The van der Waals surface area contributed by atoms with Crippen molar-refractivity contribution in [2.45, 2.75) is 39.7 Å².